The van der Waals surface area contributed by atoms with E-state index in [-0.39, 0.29) is 24.1 Å². The molecule has 1 aromatic heterocycles. The minimum absolute atomic E-state index is 0.0748. The molecule has 2 aromatic rings. The SMILES string of the molecule is CCOC(=O)c1c(NC(=O)CN2CCN(c3ccc([N+](=O)[O-])cc3)CC2)sc2c1CCC2. The Balaban J connectivity index is 1.33. The van der Waals surface area contributed by atoms with Gasteiger partial charge >= 0.3 is 5.97 Å². The van der Waals surface area contributed by atoms with E-state index >= 15 is 0 Å². The smallest absolute Gasteiger partial charge is 0.341 e. The summed E-state index contributed by atoms with van der Waals surface area (Å²) in [6.45, 7) is 5.19. The first-order chi connectivity index (χ1) is 15.5. The summed E-state index contributed by atoms with van der Waals surface area (Å²) < 4.78 is 5.22. The lowest BCUT2D eigenvalue weighted by atomic mass is 10.1. The molecule has 0 unspecified atom stereocenters. The number of benzene rings is 1. The molecule has 2 heterocycles. The number of esters is 1. The highest BCUT2D eigenvalue weighted by Gasteiger charge is 2.29. The fraction of sp³-hybridized carbons (Fsp3) is 0.455. The molecule has 0 saturated carbocycles. The molecule has 10 heteroatoms. The van der Waals surface area contributed by atoms with E-state index in [0.717, 1.165) is 43.6 Å². The van der Waals surface area contributed by atoms with Crippen molar-refractivity contribution in [3.05, 3.63) is 50.4 Å². The van der Waals surface area contributed by atoms with Crippen molar-refractivity contribution in [2.45, 2.75) is 26.2 Å². The number of amides is 1. The standard InChI is InChI=1S/C22H26N4O5S/c1-2-31-22(28)20-17-4-3-5-18(17)32-21(20)23-19(27)14-24-10-12-25(13-11-24)15-6-8-16(9-7-15)26(29)30/h6-9H,2-5,10-14H2,1H3,(H,23,27). The van der Waals surface area contributed by atoms with Crippen LogP contribution in [0.3, 0.4) is 0 Å². The molecule has 9 nitrogen and oxygen atoms in total. The average Bonchev–Trinajstić information content (AvgIpc) is 3.35. The predicted molar refractivity (Wildman–Crippen MR) is 123 cm³/mol. The van der Waals surface area contributed by atoms with E-state index < -0.39 is 4.92 Å². The molecule has 0 spiro atoms. The maximum atomic E-state index is 12.7. The number of fused-ring (bicyclic) bond motifs is 1. The number of anilines is 2. The van der Waals surface area contributed by atoms with E-state index in [1.165, 1.54) is 28.3 Å². The monoisotopic (exact) mass is 458 g/mol. The third-order valence-electron chi connectivity index (χ3n) is 5.82. The topological polar surface area (TPSA) is 105 Å². The van der Waals surface area contributed by atoms with E-state index in [4.69, 9.17) is 4.74 Å². The van der Waals surface area contributed by atoms with Crippen LogP contribution in [-0.2, 0) is 22.4 Å². The molecule has 32 heavy (non-hydrogen) atoms. The number of ether oxygens (including phenoxy) is 1. The summed E-state index contributed by atoms with van der Waals surface area (Å²) in [5.74, 6) is -0.502. The zero-order valence-corrected chi connectivity index (χ0v) is 18.8. The number of aryl methyl sites for hydroxylation is 1. The van der Waals surface area contributed by atoms with Gasteiger partial charge in [-0.15, -0.1) is 11.3 Å². The Kier molecular flexibility index (Phi) is 6.71. The lowest BCUT2D eigenvalue weighted by Gasteiger charge is -2.35. The molecular weight excluding hydrogens is 432 g/mol. The van der Waals surface area contributed by atoms with Gasteiger partial charge in [-0.1, -0.05) is 0 Å². The Hall–Kier alpha value is -2.98. The van der Waals surface area contributed by atoms with E-state index in [0.29, 0.717) is 30.3 Å². The van der Waals surface area contributed by atoms with Crippen LogP contribution in [0.2, 0.25) is 0 Å². The number of nitrogens with zero attached hydrogens (tertiary/aromatic N) is 3. The van der Waals surface area contributed by atoms with Gasteiger partial charge in [0.2, 0.25) is 5.91 Å². The Labute approximate surface area is 190 Å². The number of hydrogen-bond acceptors (Lipinski definition) is 8. The van der Waals surface area contributed by atoms with Crippen LogP contribution in [0.5, 0.6) is 0 Å². The number of carbonyl (C=O) groups excluding carboxylic acids is 2. The molecule has 0 radical (unpaired) electrons. The molecule has 0 bridgehead atoms. The molecule has 0 atom stereocenters. The molecule has 1 aromatic carbocycles. The van der Waals surface area contributed by atoms with Gasteiger partial charge in [-0.25, -0.2) is 4.79 Å². The lowest BCUT2D eigenvalue weighted by molar-refractivity contribution is -0.384. The van der Waals surface area contributed by atoms with Crippen LogP contribution in [-0.4, -0.2) is 61.0 Å². The first kappa shape index (κ1) is 22.2. The van der Waals surface area contributed by atoms with Crippen molar-refractivity contribution >= 4 is 39.6 Å². The fourth-order valence-corrected chi connectivity index (χ4v) is 5.52. The van der Waals surface area contributed by atoms with Crippen molar-refractivity contribution in [3.8, 4) is 0 Å². The number of nitrogens with one attached hydrogen (secondary N) is 1. The quantitative estimate of drug-likeness (QED) is 0.386. The van der Waals surface area contributed by atoms with Crippen molar-refractivity contribution in [1.82, 2.24) is 4.90 Å². The maximum Gasteiger partial charge on any atom is 0.341 e. The molecule has 4 rings (SSSR count). The van der Waals surface area contributed by atoms with Gasteiger partial charge in [0.1, 0.15) is 5.00 Å². The van der Waals surface area contributed by atoms with Crippen LogP contribution in [0.15, 0.2) is 24.3 Å². The molecule has 1 amide bonds. The summed E-state index contributed by atoms with van der Waals surface area (Å²) in [6, 6.07) is 6.53. The number of nitro benzene ring substituents is 1. The Morgan fingerprint density at radius 3 is 2.53 bits per heavy atom. The first-order valence-corrected chi connectivity index (χ1v) is 11.6. The van der Waals surface area contributed by atoms with Gasteiger partial charge in [0, 0.05) is 48.9 Å². The average molecular weight is 459 g/mol. The fourth-order valence-electron chi connectivity index (χ4n) is 4.23. The zero-order chi connectivity index (χ0) is 22.7. The predicted octanol–water partition coefficient (Wildman–Crippen LogP) is 3.08. The molecule has 2 aliphatic rings. The summed E-state index contributed by atoms with van der Waals surface area (Å²) in [4.78, 5) is 41.0. The van der Waals surface area contributed by atoms with Gasteiger partial charge in [-0.05, 0) is 43.9 Å². The number of carbonyl (C=O) groups is 2. The number of rotatable bonds is 7. The molecule has 1 aliphatic carbocycles. The first-order valence-electron chi connectivity index (χ1n) is 10.8. The second-order valence-electron chi connectivity index (χ2n) is 7.87. The van der Waals surface area contributed by atoms with Gasteiger partial charge in [-0.3, -0.25) is 19.8 Å². The summed E-state index contributed by atoms with van der Waals surface area (Å²) in [6.07, 6.45) is 2.81. The second kappa shape index (κ2) is 9.66. The van der Waals surface area contributed by atoms with Gasteiger partial charge in [0.25, 0.3) is 5.69 Å². The normalized spacial score (nSPS) is 16.0. The van der Waals surface area contributed by atoms with Crippen LogP contribution >= 0.6 is 11.3 Å². The Morgan fingerprint density at radius 1 is 1.16 bits per heavy atom. The van der Waals surface area contributed by atoms with E-state index in [1.807, 2.05) is 0 Å². The van der Waals surface area contributed by atoms with Crippen molar-refractivity contribution in [3.63, 3.8) is 0 Å². The molecule has 1 fully saturated rings. The third-order valence-corrected chi connectivity index (χ3v) is 7.03. The van der Waals surface area contributed by atoms with Gasteiger partial charge < -0.3 is 15.0 Å². The molecule has 1 aliphatic heterocycles. The summed E-state index contributed by atoms with van der Waals surface area (Å²) in [7, 11) is 0. The number of thiophene rings is 1. The molecular formula is C22H26N4O5S. The second-order valence-corrected chi connectivity index (χ2v) is 8.97. The highest BCUT2D eigenvalue weighted by atomic mass is 32.1. The van der Waals surface area contributed by atoms with Gasteiger partial charge in [0.15, 0.2) is 0 Å². The van der Waals surface area contributed by atoms with Crippen molar-refractivity contribution in [2.24, 2.45) is 0 Å². The van der Waals surface area contributed by atoms with E-state index in [9.17, 15) is 19.7 Å². The van der Waals surface area contributed by atoms with E-state index in [1.54, 1.807) is 19.1 Å². The largest absolute Gasteiger partial charge is 0.462 e. The number of non-ortho nitro benzene ring substituents is 1. The van der Waals surface area contributed by atoms with Crippen molar-refractivity contribution in [1.29, 1.82) is 0 Å². The van der Waals surface area contributed by atoms with Crippen LogP contribution < -0.4 is 10.2 Å². The zero-order valence-electron chi connectivity index (χ0n) is 18.0. The van der Waals surface area contributed by atoms with Gasteiger partial charge in [-0.2, -0.15) is 0 Å². The molecule has 1 N–H and O–H groups in total. The number of nitro groups is 1. The van der Waals surface area contributed by atoms with Crippen LogP contribution in [0.1, 0.15) is 34.1 Å². The minimum atomic E-state index is -0.407. The Bertz CT molecular complexity index is 1010. The summed E-state index contributed by atoms with van der Waals surface area (Å²) in [5.41, 5.74) is 2.57. The highest BCUT2D eigenvalue weighted by molar-refractivity contribution is 7.17. The minimum Gasteiger partial charge on any atom is -0.462 e. The van der Waals surface area contributed by atoms with Crippen molar-refractivity contribution < 1.29 is 19.2 Å². The van der Waals surface area contributed by atoms with Crippen LogP contribution in [0.25, 0.3) is 0 Å². The maximum absolute atomic E-state index is 12.7. The summed E-state index contributed by atoms with van der Waals surface area (Å²) in [5, 5.41) is 14.4. The Morgan fingerprint density at radius 2 is 1.88 bits per heavy atom. The van der Waals surface area contributed by atoms with Crippen molar-refractivity contribution in [2.75, 3.05) is 49.5 Å². The highest BCUT2D eigenvalue weighted by Crippen LogP contribution is 2.39. The number of piperazine rings is 1. The lowest BCUT2D eigenvalue weighted by Crippen LogP contribution is -2.48. The van der Waals surface area contributed by atoms with Gasteiger partial charge in [0.05, 0.1) is 23.6 Å². The van der Waals surface area contributed by atoms with Crippen LogP contribution in [0.4, 0.5) is 16.4 Å². The summed E-state index contributed by atoms with van der Waals surface area (Å²) >= 11 is 1.49. The molecule has 170 valence electrons. The number of hydrogen-bond donors (Lipinski definition) is 1. The van der Waals surface area contributed by atoms with Crippen LogP contribution in [0, 0.1) is 10.1 Å². The third kappa shape index (κ3) is 4.76. The molecule has 1 saturated heterocycles. The van der Waals surface area contributed by atoms with E-state index in [2.05, 4.69) is 15.1 Å².